The maximum atomic E-state index is 12.4. The highest BCUT2D eigenvalue weighted by molar-refractivity contribution is 5.94. The van der Waals surface area contributed by atoms with E-state index < -0.39 is 5.60 Å². The zero-order valence-corrected chi connectivity index (χ0v) is 14.2. The molecule has 0 fully saturated rings. The molecular weight excluding hydrogens is 290 g/mol. The molecule has 2 aromatic rings. The number of carbonyl (C=O) groups excluding carboxylic acids is 1. The molecule has 0 aliphatic heterocycles. The number of aryl methyl sites for hydroxylation is 2. The van der Waals surface area contributed by atoms with E-state index in [1.54, 1.807) is 30.8 Å². The van der Waals surface area contributed by atoms with Crippen molar-refractivity contribution in [1.82, 2.24) is 15.1 Å². The molecule has 0 radical (unpaired) electrons. The number of nitrogens with one attached hydrogen (secondary N) is 1. The Bertz CT molecular complexity index is 671. The third-order valence-corrected chi connectivity index (χ3v) is 3.79. The van der Waals surface area contributed by atoms with Crippen molar-refractivity contribution in [2.45, 2.75) is 45.3 Å². The molecule has 0 aliphatic carbocycles. The van der Waals surface area contributed by atoms with Gasteiger partial charge in [0.25, 0.3) is 5.91 Å². The lowest BCUT2D eigenvalue weighted by Crippen LogP contribution is -2.26. The van der Waals surface area contributed by atoms with Gasteiger partial charge >= 0.3 is 0 Å². The van der Waals surface area contributed by atoms with Crippen LogP contribution in [0.5, 0.6) is 0 Å². The fraction of sp³-hybridized carbons (Fsp3) is 0.444. The third-order valence-electron chi connectivity index (χ3n) is 3.79. The Labute approximate surface area is 137 Å². The first-order valence-corrected chi connectivity index (χ1v) is 7.85. The first-order chi connectivity index (χ1) is 10.7. The number of benzene rings is 1. The van der Waals surface area contributed by atoms with Crippen LogP contribution in [0.15, 0.2) is 36.7 Å². The summed E-state index contributed by atoms with van der Waals surface area (Å²) < 4.78 is 1.72. The second-order valence-electron chi connectivity index (χ2n) is 6.66. The van der Waals surface area contributed by atoms with Gasteiger partial charge < -0.3 is 10.4 Å². The predicted octanol–water partition coefficient (Wildman–Crippen LogP) is 2.61. The summed E-state index contributed by atoms with van der Waals surface area (Å²) in [5, 5.41) is 16.9. The number of amides is 1. The van der Waals surface area contributed by atoms with Crippen LogP contribution < -0.4 is 5.32 Å². The van der Waals surface area contributed by atoms with Gasteiger partial charge in [-0.3, -0.25) is 9.48 Å². The molecule has 0 saturated carbocycles. The number of hydrogen-bond acceptors (Lipinski definition) is 3. The Hall–Kier alpha value is -2.14. The lowest BCUT2D eigenvalue weighted by Gasteiger charge is -2.17. The van der Waals surface area contributed by atoms with Crippen LogP contribution in [-0.4, -0.2) is 26.4 Å². The first-order valence-electron chi connectivity index (χ1n) is 7.85. The molecule has 0 aliphatic rings. The highest BCUT2D eigenvalue weighted by atomic mass is 16.3. The van der Waals surface area contributed by atoms with Crippen LogP contribution in [0.25, 0.3) is 0 Å². The zero-order chi connectivity index (χ0) is 17.0. The molecule has 1 unspecified atom stereocenters. The van der Waals surface area contributed by atoms with Gasteiger partial charge in [0.1, 0.15) is 0 Å². The Morgan fingerprint density at radius 1 is 1.43 bits per heavy atom. The SMILES string of the molecule is CC(NC(=O)c1cccc(CCC(C)(C)O)c1)c1cnn(C)c1. The molecule has 1 aromatic heterocycles. The van der Waals surface area contributed by atoms with E-state index in [-0.39, 0.29) is 11.9 Å². The average molecular weight is 315 g/mol. The monoisotopic (exact) mass is 315 g/mol. The summed E-state index contributed by atoms with van der Waals surface area (Å²) in [6.07, 6.45) is 5.04. The summed E-state index contributed by atoms with van der Waals surface area (Å²) in [7, 11) is 1.85. The highest BCUT2D eigenvalue weighted by Crippen LogP contribution is 2.16. The fourth-order valence-corrected chi connectivity index (χ4v) is 2.35. The molecule has 1 heterocycles. The van der Waals surface area contributed by atoms with Gasteiger partial charge in [-0.25, -0.2) is 0 Å². The van der Waals surface area contributed by atoms with Crippen LogP contribution in [0.3, 0.4) is 0 Å². The van der Waals surface area contributed by atoms with E-state index in [0.717, 1.165) is 17.5 Å². The molecule has 23 heavy (non-hydrogen) atoms. The minimum Gasteiger partial charge on any atom is -0.390 e. The number of aliphatic hydroxyl groups is 1. The lowest BCUT2D eigenvalue weighted by atomic mass is 9.98. The smallest absolute Gasteiger partial charge is 0.251 e. The molecule has 2 rings (SSSR count). The summed E-state index contributed by atoms with van der Waals surface area (Å²) in [6, 6.07) is 7.45. The van der Waals surface area contributed by atoms with Crippen LogP contribution in [0.2, 0.25) is 0 Å². The van der Waals surface area contributed by atoms with Crippen molar-refractivity contribution < 1.29 is 9.90 Å². The van der Waals surface area contributed by atoms with Crippen molar-refractivity contribution in [2.24, 2.45) is 7.05 Å². The first kappa shape index (κ1) is 17.2. The van der Waals surface area contributed by atoms with Crippen molar-refractivity contribution in [3.05, 3.63) is 53.3 Å². The minimum atomic E-state index is -0.701. The molecule has 124 valence electrons. The highest BCUT2D eigenvalue weighted by Gasteiger charge is 2.15. The average Bonchev–Trinajstić information content (AvgIpc) is 2.91. The van der Waals surface area contributed by atoms with E-state index in [1.165, 1.54) is 0 Å². The molecule has 0 bridgehead atoms. The molecule has 2 N–H and O–H groups in total. The second-order valence-corrected chi connectivity index (χ2v) is 6.66. The molecule has 0 spiro atoms. The van der Waals surface area contributed by atoms with Gasteiger partial charge in [-0.1, -0.05) is 12.1 Å². The van der Waals surface area contributed by atoms with Gasteiger partial charge in [-0.15, -0.1) is 0 Å². The van der Waals surface area contributed by atoms with Crippen LogP contribution in [-0.2, 0) is 13.5 Å². The molecule has 5 nitrogen and oxygen atoms in total. The predicted molar refractivity (Wildman–Crippen MR) is 90.2 cm³/mol. The molecule has 1 aromatic carbocycles. The quantitative estimate of drug-likeness (QED) is 0.861. The number of hydrogen-bond donors (Lipinski definition) is 2. The maximum Gasteiger partial charge on any atom is 0.251 e. The summed E-state index contributed by atoms with van der Waals surface area (Å²) in [5.41, 5.74) is 1.95. The molecule has 1 amide bonds. The molecule has 0 saturated heterocycles. The van der Waals surface area contributed by atoms with Crippen molar-refractivity contribution in [3.63, 3.8) is 0 Å². The Kier molecular flexibility index (Phi) is 5.21. The molecule has 1 atom stereocenters. The number of carbonyl (C=O) groups is 1. The lowest BCUT2D eigenvalue weighted by molar-refractivity contribution is 0.0714. The summed E-state index contributed by atoms with van der Waals surface area (Å²) >= 11 is 0. The normalized spacial score (nSPS) is 12.9. The van der Waals surface area contributed by atoms with Crippen molar-refractivity contribution in [3.8, 4) is 0 Å². The Morgan fingerprint density at radius 3 is 2.78 bits per heavy atom. The van der Waals surface area contributed by atoms with Crippen molar-refractivity contribution >= 4 is 5.91 Å². The third kappa shape index (κ3) is 5.21. The van der Waals surface area contributed by atoms with E-state index in [9.17, 15) is 9.90 Å². The van der Waals surface area contributed by atoms with Gasteiger partial charge in [0.05, 0.1) is 17.8 Å². The minimum absolute atomic E-state index is 0.101. The maximum absolute atomic E-state index is 12.4. The zero-order valence-electron chi connectivity index (χ0n) is 14.2. The Balaban J connectivity index is 2.02. The van der Waals surface area contributed by atoms with Gasteiger partial charge in [0.15, 0.2) is 0 Å². The van der Waals surface area contributed by atoms with E-state index in [2.05, 4.69) is 10.4 Å². The van der Waals surface area contributed by atoms with Crippen LogP contribution in [0.1, 0.15) is 54.7 Å². The van der Waals surface area contributed by atoms with E-state index in [4.69, 9.17) is 0 Å². The molecule has 5 heteroatoms. The second kappa shape index (κ2) is 6.96. The molecular formula is C18H25N3O2. The standard InChI is InChI=1S/C18H25N3O2/c1-13(16-11-19-21(4)12-16)20-17(22)15-7-5-6-14(10-15)8-9-18(2,3)23/h5-7,10-13,23H,8-9H2,1-4H3,(H,20,22). The van der Waals surface area contributed by atoms with Gasteiger partial charge in [-0.05, 0) is 51.3 Å². The van der Waals surface area contributed by atoms with Crippen LogP contribution in [0.4, 0.5) is 0 Å². The number of nitrogens with zero attached hydrogens (tertiary/aromatic N) is 2. The summed E-state index contributed by atoms with van der Waals surface area (Å²) in [4.78, 5) is 12.4. The van der Waals surface area contributed by atoms with E-state index >= 15 is 0 Å². The van der Waals surface area contributed by atoms with Crippen LogP contribution >= 0.6 is 0 Å². The van der Waals surface area contributed by atoms with Crippen molar-refractivity contribution in [1.29, 1.82) is 0 Å². The number of rotatable bonds is 6. The largest absolute Gasteiger partial charge is 0.390 e. The number of aromatic nitrogens is 2. The van der Waals surface area contributed by atoms with Gasteiger partial charge in [0, 0.05) is 24.4 Å². The summed E-state index contributed by atoms with van der Waals surface area (Å²) in [6.45, 7) is 5.52. The van der Waals surface area contributed by atoms with E-state index in [1.807, 2.05) is 38.4 Å². The van der Waals surface area contributed by atoms with Gasteiger partial charge in [-0.2, -0.15) is 5.10 Å². The van der Waals surface area contributed by atoms with Gasteiger partial charge in [0.2, 0.25) is 0 Å². The van der Waals surface area contributed by atoms with Crippen molar-refractivity contribution in [2.75, 3.05) is 0 Å². The summed E-state index contributed by atoms with van der Waals surface area (Å²) in [5.74, 6) is -0.105. The van der Waals surface area contributed by atoms with Crippen LogP contribution in [0, 0.1) is 0 Å². The Morgan fingerprint density at radius 2 is 2.17 bits per heavy atom. The fourth-order valence-electron chi connectivity index (χ4n) is 2.35. The topological polar surface area (TPSA) is 67.2 Å². The van der Waals surface area contributed by atoms with E-state index in [0.29, 0.717) is 12.0 Å².